The molecule has 1 aliphatic heterocycles. The molecule has 0 bridgehead atoms. The van der Waals surface area contributed by atoms with Gasteiger partial charge in [0.15, 0.2) is 0 Å². The predicted octanol–water partition coefficient (Wildman–Crippen LogP) is 0.915. The summed E-state index contributed by atoms with van der Waals surface area (Å²) in [5.41, 5.74) is 1.99. The van der Waals surface area contributed by atoms with Gasteiger partial charge in [-0.2, -0.15) is 0 Å². The molecule has 25 heavy (non-hydrogen) atoms. The molecular formula is C20H30N2O3. The normalized spacial score (nSPS) is 23.1. The SMILES string of the molecule is C=c1c2c([nH]/c1=C/C=C\C)C(C(=O)OC)CC(CO)CN(CC)CC2. The summed E-state index contributed by atoms with van der Waals surface area (Å²) < 4.78 is 5.06. The molecule has 2 atom stereocenters. The number of methoxy groups -OCH3 is 1. The van der Waals surface area contributed by atoms with Crippen molar-refractivity contribution in [3.63, 3.8) is 0 Å². The Morgan fingerprint density at radius 1 is 1.52 bits per heavy atom. The molecule has 0 aromatic carbocycles. The molecule has 2 unspecified atom stereocenters. The molecular weight excluding hydrogens is 316 g/mol. The summed E-state index contributed by atoms with van der Waals surface area (Å²) in [6, 6.07) is 0. The largest absolute Gasteiger partial charge is 0.469 e. The summed E-state index contributed by atoms with van der Waals surface area (Å²) in [4.78, 5) is 18.2. The Kier molecular flexibility index (Phi) is 7.02. The van der Waals surface area contributed by atoms with Crippen LogP contribution in [0.1, 0.15) is 37.4 Å². The number of H-pyrrole nitrogens is 1. The topological polar surface area (TPSA) is 65.6 Å². The van der Waals surface area contributed by atoms with Crippen molar-refractivity contribution in [2.24, 2.45) is 5.92 Å². The maximum atomic E-state index is 12.5. The molecule has 0 fully saturated rings. The van der Waals surface area contributed by atoms with Gasteiger partial charge in [0, 0.05) is 30.7 Å². The molecule has 2 rings (SSSR count). The number of aliphatic hydroxyl groups excluding tert-OH is 1. The fourth-order valence-electron chi connectivity index (χ4n) is 3.57. The Labute approximate surface area is 149 Å². The molecule has 5 heteroatoms. The molecule has 138 valence electrons. The van der Waals surface area contributed by atoms with E-state index in [-0.39, 0.29) is 18.5 Å². The Bertz CT molecular complexity index is 720. The summed E-state index contributed by atoms with van der Waals surface area (Å²) in [7, 11) is 1.42. The first-order valence-corrected chi connectivity index (χ1v) is 8.99. The summed E-state index contributed by atoms with van der Waals surface area (Å²) >= 11 is 0. The van der Waals surface area contributed by atoms with Crippen LogP contribution in [0, 0.1) is 5.92 Å². The lowest BCUT2D eigenvalue weighted by atomic mass is 9.90. The van der Waals surface area contributed by atoms with Crippen LogP contribution >= 0.6 is 0 Å². The maximum absolute atomic E-state index is 12.5. The van der Waals surface area contributed by atoms with E-state index in [0.717, 1.165) is 47.9 Å². The number of aromatic amines is 1. The zero-order valence-corrected chi connectivity index (χ0v) is 15.5. The number of carbonyl (C=O) groups excluding carboxylic acids is 1. The summed E-state index contributed by atoms with van der Waals surface area (Å²) in [5, 5.41) is 11.7. The number of hydrogen-bond donors (Lipinski definition) is 2. The number of ether oxygens (including phenoxy) is 1. The Balaban J connectivity index is 2.58. The first-order valence-electron chi connectivity index (χ1n) is 8.99. The molecule has 0 radical (unpaired) electrons. The second-order valence-corrected chi connectivity index (χ2v) is 6.61. The molecule has 0 spiro atoms. The van der Waals surface area contributed by atoms with Gasteiger partial charge >= 0.3 is 5.97 Å². The van der Waals surface area contributed by atoms with Crippen LogP contribution in [0.4, 0.5) is 0 Å². The van der Waals surface area contributed by atoms with Crippen LogP contribution in [-0.4, -0.2) is 54.3 Å². The minimum Gasteiger partial charge on any atom is -0.469 e. The summed E-state index contributed by atoms with van der Waals surface area (Å²) in [6.45, 7) is 11.0. The third-order valence-electron chi connectivity index (χ3n) is 5.04. The highest BCUT2D eigenvalue weighted by Gasteiger charge is 2.31. The second kappa shape index (κ2) is 9.02. The van der Waals surface area contributed by atoms with Crippen molar-refractivity contribution in [1.29, 1.82) is 0 Å². The average molecular weight is 346 g/mol. The Morgan fingerprint density at radius 2 is 2.28 bits per heavy atom. The van der Waals surface area contributed by atoms with Crippen LogP contribution in [0.5, 0.6) is 0 Å². The number of nitrogens with zero attached hydrogens (tertiary/aromatic N) is 1. The summed E-state index contributed by atoms with van der Waals surface area (Å²) in [6.07, 6.45) is 7.29. The van der Waals surface area contributed by atoms with Gasteiger partial charge in [-0.3, -0.25) is 4.79 Å². The number of nitrogens with one attached hydrogen (secondary N) is 1. The zero-order valence-electron chi connectivity index (χ0n) is 15.5. The van der Waals surface area contributed by atoms with Crippen LogP contribution < -0.4 is 10.6 Å². The number of allylic oxidation sites excluding steroid dienone is 2. The van der Waals surface area contributed by atoms with Gasteiger partial charge in [-0.1, -0.05) is 25.7 Å². The van der Waals surface area contributed by atoms with Gasteiger partial charge in [-0.05, 0) is 49.1 Å². The van der Waals surface area contributed by atoms with E-state index in [1.165, 1.54) is 7.11 Å². The van der Waals surface area contributed by atoms with Crippen LogP contribution in [0.25, 0.3) is 12.7 Å². The highest BCUT2D eigenvalue weighted by molar-refractivity contribution is 5.78. The first kappa shape index (κ1) is 19.5. The molecule has 0 saturated carbocycles. The van der Waals surface area contributed by atoms with E-state index in [1.54, 1.807) is 0 Å². The lowest BCUT2D eigenvalue weighted by Crippen LogP contribution is -2.34. The van der Waals surface area contributed by atoms with E-state index in [9.17, 15) is 9.90 Å². The lowest BCUT2D eigenvalue weighted by molar-refractivity contribution is -0.143. The van der Waals surface area contributed by atoms with E-state index in [2.05, 4.69) is 23.4 Å². The number of aromatic nitrogens is 1. The van der Waals surface area contributed by atoms with Crippen molar-refractivity contribution >= 4 is 18.6 Å². The Hall–Kier alpha value is -1.85. The van der Waals surface area contributed by atoms with Gasteiger partial charge in [-0.25, -0.2) is 0 Å². The number of fused-ring (bicyclic) bond motifs is 1. The van der Waals surface area contributed by atoms with Gasteiger partial charge in [0.2, 0.25) is 0 Å². The van der Waals surface area contributed by atoms with E-state index in [4.69, 9.17) is 4.74 Å². The van der Waals surface area contributed by atoms with Crippen LogP contribution in [0.3, 0.4) is 0 Å². The van der Waals surface area contributed by atoms with Crippen LogP contribution in [0.2, 0.25) is 0 Å². The molecule has 1 aromatic rings. The zero-order chi connectivity index (χ0) is 18.4. The molecule has 1 aliphatic rings. The molecule has 2 N–H and O–H groups in total. The van der Waals surface area contributed by atoms with E-state index < -0.39 is 5.92 Å². The fourth-order valence-corrected chi connectivity index (χ4v) is 3.57. The molecule has 0 amide bonds. The molecule has 2 heterocycles. The number of carbonyl (C=O) groups is 1. The quantitative estimate of drug-likeness (QED) is 0.796. The van der Waals surface area contributed by atoms with Gasteiger partial charge in [0.1, 0.15) is 0 Å². The molecule has 0 saturated heterocycles. The first-order chi connectivity index (χ1) is 12.0. The number of likely N-dealkylation sites (N-methyl/N-ethyl adjacent to an activating group) is 1. The standard InChI is InChI=1S/C20H30N2O3/c1-5-7-8-18-14(3)16-9-10-22(6-2)12-15(13-23)11-17(19(16)21-18)20(24)25-4/h5,7-8,15,17,21,23H,3,6,9-13H2,1-2,4H3/b7-5-,18-8+. The smallest absolute Gasteiger partial charge is 0.314 e. The van der Waals surface area contributed by atoms with E-state index >= 15 is 0 Å². The number of aliphatic hydroxyl groups is 1. The van der Waals surface area contributed by atoms with Crippen molar-refractivity contribution < 1.29 is 14.6 Å². The maximum Gasteiger partial charge on any atom is 0.314 e. The van der Waals surface area contributed by atoms with Gasteiger partial charge < -0.3 is 19.7 Å². The predicted molar refractivity (Wildman–Crippen MR) is 101 cm³/mol. The van der Waals surface area contributed by atoms with E-state index in [1.807, 2.05) is 25.2 Å². The van der Waals surface area contributed by atoms with Gasteiger partial charge in [0.25, 0.3) is 0 Å². The van der Waals surface area contributed by atoms with Crippen molar-refractivity contribution in [2.75, 3.05) is 33.4 Å². The monoisotopic (exact) mass is 346 g/mol. The molecule has 0 aliphatic carbocycles. The van der Waals surface area contributed by atoms with Crippen LogP contribution in [-0.2, 0) is 16.0 Å². The van der Waals surface area contributed by atoms with Gasteiger partial charge in [0.05, 0.1) is 13.0 Å². The van der Waals surface area contributed by atoms with Crippen molar-refractivity contribution in [3.05, 3.63) is 34.0 Å². The highest BCUT2D eigenvalue weighted by Crippen LogP contribution is 2.27. The lowest BCUT2D eigenvalue weighted by Gasteiger charge is -2.25. The third-order valence-corrected chi connectivity index (χ3v) is 5.04. The fraction of sp³-hybridized carbons (Fsp3) is 0.550. The van der Waals surface area contributed by atoms with Crippen LogP contribution in [0.15, 0.2) is 12.2 Å². The number of esters is 1. The average Bonchev–Trinajstić information content (AvgIpc) is 2.97. The Morgan fingerprint density at radius 3 is 2.88 bits per heavy atom. The van der Waals surface area contributed by atoms with E-state index in [0.29, 0.717) is 6.42 Å². The second-order valence-electron chi connectivity index (χ2n) is 6.61. The molecule has 5 nitrogen and oxygen atoms in total. The van der Waals surface area contributed by atoms with Crippen molar-refractivity contribution in [1.82, 2.24) is 9.88 Å². The molecule has 1 aromatic heterocycles. The number of rotatable bonds is 4. The highest BCUT2D eigenvalue weighted by atomic mass is 16.5. The third kappa shape index (κ3) is 4.41. The van der Waals surface area contributed by atoms with Crippen molar-refractivity contribution in [3.8, 4) is 0 Å². The van der Waals surface area contributed by atoms with Crippen molar-refractivity contribution in [2.45, 2.75) is 32.6 Å². The van der Waals surface area contributed by atoms with Gasteiger partial charge in [-0.15, -0.1) is 0 Å². The summed E-state index contributed by atoms with van der Waals surface area (Å²) in [5.74, 6) is -0.625. The number of hydrogen-bond acceptors (Lipinski definition) is 4. The minimum atomic E-state index is -0.401. The minimum absolute atomic E-state index is 0.0366.